The molecule has 1 nitrogen and oxygen atoms in total. The summed E-state index contributed by atoms with van der Waals surface area (Å²) in [7, 11) is 0. The Kier molecular flexibility index (Phi) is 1.62. The van der Waals surface area contributed by atoms with Gasteiger partial charge in [0.05, 0.1) is 5.69 Å². The number of halogens is 1. The lowest BCUT2D eigenvalue weighted by molar-refractivity contribution is 0.629. The lowest BCUT2D eigenvalue weighted by Gasteiger charge is -1.96. The van der Waals surface area contributed by atoms with Crippen LogP contribution in [0.25, 0.3) is 0 Å². The Hall–Kier alpha value is -0.700. The van der Waals surface area contributed by atoms with Gasteiger partial charge in [-0.1, -0.05) is 6.07 Å². The first-order valence-electron chi connectivity index (χ1n) is 2.45. The van der Waals surface area contributed by atoms with Crippen molar-refractivity contribution in [2.75, 3.05) is 5.73 Å². The van der Waals surface area contributed by atoms with E-state index in [1.54, 1.807) is 12.1 Å². The van der Waals surface area contributed by atoms with Gasteiger partial charge in [-0.3, -0.25) is 0 Å². The molecule has 0 atom stereocenters. The van der Waals surface area contributed by atoms with Gasteiger partial charge in [-0.2, -0.15) is 0 Å². The zero-order valence-corrected chi connectivity index (χ0v) is 5.53. The number of thiol groups is 1. The van der Waals surface area contributed by atoms with Gasteiger partial charge in [0.15, 0.2) is 0 Å². The number of nitrogens with two attached hydrogens (primary N) is 1. The molecule has 3 heteroatoms. The Labute approximate surface area is 58.1 Å². The average Bonchev–Trinajstić information content (AvgIpc) is 1.83. The quantitative estimate of drug-likeness (QED) is 0.419. The van der Waals surface area contributed by atoms with Gasteiger partial charge >= 0.3 is 0 Å². The third-order valence-corrected chi connectivity index (χ3v) is 1.42. The van der Waals surface area contributed by atoms with Crippen molar-refractivity contribution in [3.8, 4) is 0 Å². The van der Waals surface area contributed by atoms with E-state index in [1.165, 1.54) is 6.07 Å². The van der Waals surface area contributed by atoms with Crippen LogP contribution in [-0.2, 0) is 0 Å². The van der Waals surface area contributed by atoms with Crippen molar-refractivity contribution < 1.29 is 4.39 Å². The molecule has 0 aliphatic carbocycles. The van der Waals surface area contributed by atoms with E-state index in [0.717, 1.165) is 0 Å². The summed E-state index contributed by atoms with van der Waals surface area (Å²) in [6.45, 7) is 0. The fourth-order valence-electron chi connectivity index (χ4n) is 0.526. The number of anilines is 1. The van der Waals surface area contributed by atoms with Crippen LogP contribution in [0.5, 0.6) is 0 Å². The van der Waals surface area contributed by atoms with Gasteiger partial charge in [-0.05, 0) is 12.1 Å². The van der Waals surface area contributed by atoms with Gasteiger partial charge in [0.25, 0.3) is 0 Å². The number of rotatable bonds is 0. The number of hydrogen-bond acceptors (Lipinski definition) is 2. The second kappa shape index (κ2) is 2.27. The Balaban J connectivity index is 3.25. The number of benzene rings is 1. The summed E-state index contributed by atoms with van der Waals surface area (Å²) in [6.07, 6.45) is 0. The number of nitrogen functional groups attached to an aromatic ring is 1. The first-order chi connectivity index (χ1) is 4.22. The molecule has 0 saturated heterocycles. The molecule has 0 bridgehead atoms. The molecule has 0 saturated carbocycles. The molecular formula is C6H6FNS. The Morgan fingerprint density at radius 1 is 1.44 bits per heavy atom. The van der Waals surface area contributed by atoms with Crippen LogP contribution < -0.4 is 5.73 Å². The standard InChI is InChI=1S/C6H6FNS/c7-4-2-1-3-5(9)6(4)8/h1-3,9H,8H2. The predicted molar refractivity (Wildman–Crippen MR) is 38.1 cm³/mol. The molecule has 0 spiro atoms. The van der Waals surface area contributed by atoms with Crippen molar-refractivity contribution in [2.24, 2.45) is 0 Å². The molecular weight excluding hydrogens is 137 g/mol. The van der Waals surface area contributed by atoms with Crippen molar-refractivity contribution in [3.63, 3.8) is 0 Å². The van der Waals surface area contributed by atoms with Gasteiger partial charge in [-0.15, -0.1) is 12.6 Å². The Morgan fingerprint density at radius 2 is 2.11 bits per heavy atom. The van der Waals surface area contributed by atoms with Crippen molar-refractivity contribution in [2.45, 2.75) is 4.90 Å². The van der Waals surface area contributed by atoms with Crippen molar-refractivity contribution in [1.82, 2.24) is 0 Å². The van der Waals surface area contributed by atoms with Crippen molar-refractivity contribution in [3.05, 3.63) is 24.0 Å². The highest BCUT2D eigenvalue weighted by Gasteiger charge is 1.97. The molecule has 0 heterocycles. The fourth-order valence-corrected chi connectivity index (χ4v) is 0.719. The average molecular weight is 143 g/mol. The third-order valence-electron chi connectivity index (χ3n) is 1.03. The molecule has 0 fully saturated rings. The van der Waals surface area contributed by atoms with Crippen LogP contribution in [0.15, 0.2) is 23.1 Å². The SMILES string of the molecule is Nc1c(F)cccc1S. The minimum atomic E-state index is -0.414. The van der Waals surface area contributed by atoms with Crippen molar-refractivity contribution in [1.29, 1.82) is 0 Å². The maximum absolute atomic E-state index is 12.4. The van der Waals surface area contributed by atoms with E-state index in [1.807, 2.05) is 0 Å². The lowest BCUT2D eigenvalue weighted by atomic mass is 10.3. The van der Waals surface area contributed by atoms with Gasteiger partial charge < -0.3 is 5.73 Å². The van der Waals surface area contributed by atoms with Crippen LogP contribution in [0.2, 0.25) is 0 Å². The molecule has 0 aromatic heterocycles. The maximum Gasteiger partial charge on any atom is 0.147 e. The summed E-state index contributed by atoms with van der Waals surface area (Å²) in [4.78, 5) is 0.481. The summed E-state index contributed by atoms with van der Waals surface area (Å²) in [5.41, 5.74) is 5.34. The van der Waals surface area contributed by atoms with Gasteiger partial charge in [0.1, 0.15) is 5.82 Å². The Morgan fingerprint density at radius 3 is 2.56 bits per heavy atom. The predicted octanol–water partition coefficient (Wildman–Crippen LogP) is 1.70. The molecule has 1 aromatic rings. The van der Waals surface area contributed by atoms with E-state index in [9.17, 15) is 4.39 Å². The summed E-state index contributed by atoms with van der Waals surface area (Å²) < 4.78 is 12.4. The van der Waals surface area contributed by atoms with E-state index < -0.39 is 5.82 Å². The van der Waals surface area contributed by atoms with Crippen molar-refractivity contribution >= 4 is 18.3 Å². The summed E-state index contributed by atoms with van der Waals surface area (Å²) in [5.74, 6) is -0.414. The zero-order chi connectivity index (χ0) is 6.85. The number of para-hydroxylation sites is 1. The fraction of sp³-hybridized carbons (Fsp3) is 0. The second-order valence-corrected chi connectivity index (χ2v) is 2.15. The highest BCUT2D eigenvalue weighted by molar-refractivity contribution is 7.80. The largest absolute Gasteiger partial charge is 0.395 e. The van der Waals surface area contributed by atoms with Crippen LogP contribution in [0.4, 0.5) is 10.1 Å². The summed E-state index contributed by atoms with van der Waals surface area (Å²) in [5, 5.41) is 0. The minimum Gasteiger partial charge on any atom is -0.395 e. The normalized spacial score (nSPS) is 9.56. The van der Waals surface area contributed by atoms with E-state index in [4.69, 9.17) is 5.73 Å². The topological polar surface area (TPSA) is 26.0 Å². The number of hydrogen-bond donors (Lipinski definition) is 2. The summed E-state index contributed by atoms with van der Waals surface area (Å²) in [6, 6.07) is 4.50. The smallest absolute Gasteiger partial charge is 0.147 e. The van der Waals surface area contributed by atoms with Gasteiger partial charge in [0.2, 0.25) is 0 Å². The summed E-state index contributed by atoms with van der Waals surface area (Å²) >= 11 is 3.90. The van der Waals surface area contributed by atoms with E-state index in [0.29, 0.717) is 4.90 Å². The van der Waals surface area contributed by atoms with Crippen LogP contribution >= 0.6 is 12.6 Å². The molecule has 0 radical (unpaired) electrons. The molecule has 1 rings (SSSR count). The first-order valence-corrected chi connectivity index (χ1v) is 2.89. The molecule has 2 N–H and O–H groups in total. The lowest BCUT2D eigenvalue weighted by Crippen LogP contribution is -1.90. The zero-order valence-electron chi connectivity index (χ0n) is 4.63. The van der Waals surface area contributed by atoms with E-state index in [-0.39, 0.29) is 5.69 Å². The van der Waals surface area contributed by atoms with Gasteiger partial charge in [0, 0.05) is 4.90 Å². The molecule has 9 heavy (non-hydrogen) atoms. The van der Waals surface area contributed by atoms with E-state index >= 15 is 0 Å². The first kappa shape index (κ1) is 6.42. The molecule has 0 aliphatic rings. The van der Waals surface area contributed by atoms with Crippen LogP contribution in [0.3, 0.4) is 0 Å². The highest BCUT2D eigenvalue weighted by atomic mass is 32.1. The molecule has 0 amide bonds. The monoisotopic (exact) mass is 143 g/mol. The van der Waals surface area contributed by atoms with Crippen LogP contribution in [-0.4, -0.2) is 0 Å². The molecule has 48 valence electrons. The second-order valence-electron chi connectivity index (χ2n) is 1.67. The molecule has 0 unspecified atom stereocenters. The molecule has 0 aliphatic heterocycles. The maximum atomic E-state index is 12.4. The highest BCUT2D eigenvalue weighted by Crippen LogP contribution is 2.18. The van der Waals surface area contributed by atoms with Crippen LogP contribution in [0, 0.1) is 5.82 Å². The minimum absolute atomic E-state index is 0.112. The van der Waals surface area contributed by atoms with E-state index in [2.05, 4.69) is 12.6 Å². The van der Waals surface area contributed by atoms with Gasteiger partial charge in [-0.25, -0.2) is 4.39 Å². The third kappa shape index (κ3) is 1.16. The van der Waals surface area contributed by atoms with Crippen LogP contribution in [0.1, 0.15) is 0 Å². The Bertz CT molecular complexity index is 204. The molecule has 1 aromatic carbocycles.